The maximum absolute atomic E-state index is 12.0. The van der Waals surface area contributed by atoms with Crippen LogP contribution in [0, 0.1) is 0 Å². The van der Waals surface area contributed by atoms with Crippen LogP contribution in [0.25, 0.3) is 0 Å². The first kappa shape index (κ1) is 14.7. The Morgan fingerprint density at radius 3 is 2.75 bits per heavy atom. The summed E-state index contributed by atoms with van der Waals surface area (Å²) in [6, 6.07) is 9.63. The van der Waals surface area contributed by atoms with Gasteiger partial charge in [-0.2, -0.15) is 0 Å². The Morgan fingerprint density at radius 1 is 1.30 bits per heavy atom. The zero-order valence-corrected chi connectivity index (χ0v) is 12.7. The number of phenols is 1. The summed E-state index contributed by atoms with van der Waals surface area (Å²) in [5.41, 5.74) is 7.16. The van der Waals surface area contributed by atoms with Gasteiger partial charge in [0.25, 0.3) is 5.91 Å². The van der Waals surface area contributed by atoms with Crippen LogP contribution in [-0.4, -0.2) is 11.0 Å². The molecule has 0 unspecified atom stereocenters. The topological polar surface area (TPSA) is 75.3 Å². The van der Waals surface area contributed by atoms with Gasteiger partial charge in [0.15, 0.2) is 0 Å². The van der Waals surface area contributed by atoms with Crippen LogP contribution in [0.1, 0.15) is 15.9 Å². The molecule has 0 bridgehead atoms. The first-order chi connectivity index (χ1) is 9.45. The quantitative estimate of drug-likeness (QED) is 0.584. The van der Waals surface area contributed by atoms with Gasteiger partial charge >= 0.3 is 0 Å². The largest absolute Gasteiger partial charge is 0.508 e. The number of hydrogen-bond acceptors (Lipinski definition) is 3. The zero-order chi connectivity index (χ0) is 14.7. The summed E-state index contributed by atoms with van der Waals surface area (Å²) < 4.78 is 0.724. The van der Waals surface area contributed by atoms with Crippen molar-refractivity contribution in [3.8, 4) is 5.75 Å². The van der Waals surface area contributed by atoms with Gasteiger partial charge in [0, 0.05) is 32.9 Å². The smallest absolute Gasteiger partial charge is 0.251 e. The first-order valence-electron chi connectivity index (χ1n) is 5.77. The van der Waals surface area contributed by atoms with Gasteiger partial charge in [-0.1, -0.05) is 27.5 Å². The highest BCUT2D eigenvalue weighted by molar-refractivity contribution is 9.10. The number of carbonyl (C=O) groups excluding carboxylic acids is 1. The minimum Gasteiger partial charge on any atom is -0.508 e. The van der Waals surface area contributed by atoms with Crippen molar-refractivity contribution in [2.75, 3.05) is 5.73 Å². The lowest BCUT2D eigenvalue weighted by atomic mass is 10.1. The average molecular weight is 356 g/mol. The number of anilines is 1. The van der Waals surface area contributed by atoms with Gasteiger partial charge < -0.3 is 16.2 Å². The Bertz CT molecular complexity index is 641. The average Bonchev–Trinajstić information content (AvgIpc) is 2.38. The second kappa shape index (κ2) is 6.15. The molecule has 4 nitrogen and oxygen atoms in total. The van der Waals surface area contributed by atoms with Crippen LogP contribution in [0.2, 0.25) is 5.02 Å². The number of aromatic hydroxyl groups is 1. The normalized spacial score (nSPS) is 10.3. The monoisotopic (exact) mass is 354 g/mol. The standard InChI is InChI=1S/C14H12BrClN2O2/c15-10-3-8(4-11(16)6-10)14(20)18-7-9-5-12(17)1-2-13(9)19/h1-6,19H,7,17H2,(H,18,20). The van der Waals surface area contributed by atoms with E-state index in [1.54, 1.807) is 30.3 Å². The second-order valence-corrected chi connectivity index (χ2v) is 5.58. The number of hydrogen-bond donors (Lipinski definition) is 3. The fraction of sp³-hybridized carbons (Fsp3) is 0.0714. The summed E-state index contributed by atoms with van der Waals surface area (Å²) in [4.78, 5) is 12.0. The van der Waals surface area contributed by atoms with Gasteiger partial charge in [-0.25, -0.2) is 0 Å². The van der Waals surface area contributed by atoms with Crippen LogP contribution in [0.4, 0.5) is 5.69 Å². The van der Waals surface area contributed by atoms with Crippen LogP contribution in [0.3, 0.4) is 0 Å². The van der Waals surface area contributed by atoms with Gasteiger partial charge in [0.1, 0.15) is 5.75 Å². The maximum atomic E-state index is 12.0. The van der Waals surface area contributed by atoms with Gasteiger partial charge in [-0.15, -0.1) is 0 Å². The minimum absolute atomic E-state index is 0.0896. The van der Waals surface area contributed by atoms with Crippen molar-refractivity contribution in [3.63, 3.8) is 0 Å². The molecule has 20 heavy (non-hydrogen) atoms. The summed E-state index contributed by atoms with van der Waals surface area (Å²) in [5.74, 6) is -0.193. The number of amides is 1. The number of nitrogens with one attached hydrogen (secondary N) is 1. The lowest BCUT2D eigenvalue weighted by Crippen LogP contribution is -2.22. The molecule has 0 atom stereocenters. The van der Waals surface area contributed by atoms with E-state index < -0.39 is 0 Å². The predicted molar refractivity (Wildman–Crippen MR) is 82.8 cm³/mol. The van der Waals surface area contributed by atoms with Crippen LogP contribution in [-0.2, 0) is 6.54 Å². The molecule has 0 heterocycles. The summed E-state index contributed by atoms with van der Waals surface area (Å²) in [6.45, 7) is 0.180. The fourth-order valence-electron chi connectivity index (χ4n) is 1.71. The Balaban J connectivity index is 2.10. The third-order valence-electron chi connectivity index (χ3n) is 2.67. The summed E-state index contributed by atoms with van der Waals surface area (Å²) >= 11 is 9.17. The Hall–Kier alpha value is -1.72. The van der Waals surface area contributed by atoms with Gasteiger partial charge in [0.05, 0.1) is 0 Å². The third-order valence-corrected chi connectivity index (χ3v) is 3.34. The van der Waals surface area contributed by atoms with Crippen LogP contribution < -0.4 is 11.1 Å². The number of nitrogens with two attached hydrogens (primary N) is 1. The maximum Gasteiger partial charge on any atom is 0.251 e. The highest BCUT2D eigenvalue weighted by Crippen LogP contribution is 2.21. The Morgan fingerprint density at radius 2 is 2.05 bits per heavy atom. The number of halogens is 2. The van der Waals surface area contributed by atoms with E-state index >= 15 is 0 Å². The molecule has 0 aliphatic carbocycles. The molecule has 104 valence electrons. The van der Waals surface area contributed by atoms with Crippen LogP contribution >= 0.6 is 27.5 Å². The molecule has 2 aromatic rings. The molecule has 0 saturated heterocycles. The molecule has 0 radical (unpaired) electrons. The first-order valence-corrected chi connectivity index (χ1v) is 6.94. The number of carbonyl (C=O) groups is 1. The van der Waals surface area contributed by atoms with E-state index in [2.05, 4.69) is 21.2 Å². The van der Waals surface area contributed by atoms with Crippen molar-refractivity contribution in [2.24, 2.45) is 0 Å². The van der Waals surface area contributed by atoms with E-state index in [-0.39, 0.29) is 18.2 Å². The summed E-state index contributed by atoms with van der Waals surface area (Å²) in [5, 5.41) is 12.8. The van der Waals surface area contributed by atoms with Crippen molar-refractivity contribution in [2.45, 2.75) is 6.54 Å². The molecule has 0 aromatic heterocycles. The Kier molecular flexibility index (Phi) is 4.52. The van der Waals surface area contributed by atoms with E-state index in [1.165, 1.54) is 6.07 Å². The van der Waals surface area contributed by atoms with Gasteiger partial charge in [0.2, 0.25) is 0 Å². The molecule has 0 spiro atoms. The third kappa shape index (κ3) is 3.65. The molecule has 1 amide bonds. The minimum atomic E-state index is -0.282. The van der Waals surface area contributed by atoms with E-state index in [4.69, 9.17) is 17.3 Å². The molecule has 4 N–H and O–H groups in total. The van der Waals surface area contributed by atoms with E-state index in [0.717, 1.165) is 4.47 Å². The van der Waals surface area contributed by atoms with E-state index in [9.17, 15) is 9.90 Å². The number of rotatable bonds is 3. The molecule has 0 fully saturated rings. The zero-order valence-electron chi connectivity index (χ0n) is 10.4. The van der Waals surface area contributed by atoms with Crippen LogP contribution in [0.5, 0.6) is 5.75 Å². The SMILES string of the molecule is Nc1ccc(O)c(CNC(=O)c2cc(Cl)cc(Br)c2)c1. The summed E-state index contributed by atoms with van der Waals surface area (Å²) in [6.07, 6.45) is 0. The van der Waals surface area contributed by atoms with Crippen molar-refractivity contribution >= 4 is 39.1 Å². The molecule has 2 rings (SSSR count). The number of nitrogen functional groups attached to an aromatic ring is 1. The molecule has 0 aliphatic heterocycles. The molecule has 6 heteroatoms. The van der Waals surface area contributed by atoms with Crippen molar-refractivity contribution < 1.29 is 9.90 Å². The number of benzene rings is 2. The van der Waals surface area contributed by atoms with Crippen molar-refractivity contribution in [1.29, 1.82) is 0 Å². The van der Waals surface area contributed by atoms with E-state index in [1.807, 2.05) is 0 Å². The highest BCUT2D eigenvalue weighted by atomic mass is 79.9. The number of phenolic OH excluding ortho intramolecular Hbond substituents is 1. The molecule has 0 saturated carbocycles. The Labute approximate surface area is 129 Å². The molecular weight excluding hydrogens is 344 g/mol. The van der Waals surface area contributed by atoms with Gasteiger partial charge in [-0.05, 0) is 36.4 Å². The predicted octanol–water partition coefficient (Wildman–Crippen LogP) is 3.32. The van der Waals surface area contributed by atoms with Gasteiger partial charge in [-0.3, -0.25) is 4.79 Å². The molecule has 0 aliphatic rings. The second-order valence-electron chi connectivity index (χ2n) is 4.23. The van der Waals surface area contributed by atoms with Crippen LogP contribution in [0.15, 0.2) is 40.9 Å². The lowest BCUT2D eigenvalue weighted by Gasteiger charge is -2.08. The van der Waals surface area contributed by atoms with Crippen molar-refractivity contribution in [3.05, 3.63) is 57.0 Å². The molecular formula is C14H12BrClN2O2. The highest BCUT2D eigenvalue weighted by Gasteiger charge is 2.09. The fourth-order valence-corrected chi connectivity index (χ4v) is 2.57. The van der Waals surface area contributed by atoms with E-state index in [0.29, 0.717) is 21.8 Å². The molecule has 2 aromatic carbocycles. The van der Waals surface area contributed by atoms with Crippen molar-refractivity contribution in [1.82, 2.24) is 5.32 Å². The lowest BCUT2D eigenvalue weighted by molar-refractivity contribution is 0.0950. The summed E-state index contributed by atoms with van der Waals surface area (Å²) in [7, 11) is 0.